The van der Waals surface area contributed by atoms with Gasteiger partial charge in [0.1, 0.15) is 17.2 Å². The smallest absolute Gasteiger partial charge is 0.222 e. The average Bonchev–Trinajstić information content (AvgIpc) is 3.32. The Labute approximate surface area is 157 Å². The SMILES string of the molecule is CN1CC(COc2ccc(Oc3ccc(-c4ccn[nH]4)cc3)cc2)CC1=O. The number of carbonyl (C=O) groups is 1. The highest BCUT2D eigenvalue weighted by Crippen LogP contribution is 2.27. The summed E-state index contributed by atoms with van der Waals surface area (Å²) in [5.74, 6) is 2.73. The largest absolute Gasteiger partial charge is 0.493 e. The quantitative estimate of drug-likeness (QED) is 0.725. The molecule has 0 radical (unpaired) electrons. The van der Waals surface area contributed by atoms with Crippen molar-refractivity contribution < 1.29 is 14.3 Å². The summed E-state index contributed by atoms with van der Waals surface area (Å²) in [6.45, 7) is 1.31. The van der Waals surface area contributed by atoms with Gasteiger partial charge >= 0.3 is 0 Å². The van der Waals surface area contributed by atoms with E-state index in [9.17, 15) is 4.79 Å². The van der Waals surface area contributed by atoms with Crippen molar-refractivity contribution in [1.82, 2.24) is 15.1 Å². The van der Waals surface area contributed by atoms with Crippen LogP contribution < -0.4 is 9.47 Å². The summed E-state index contributed by atoms with van der Waals surface area (Å²) in [7, 11) is 1.83. The second-order valence-corrected chi connectivity index (χ2v) is 6.72. The van der Waals surface area contributed by atoms with E-state index in [-0.39, 0.29) is 11.8 Å². The molecule has 1 saturated heterocycles. The zero-order valence-electron chi connectivity index (χ0n) is 15.1. The number of ether oxygens (including phenoxy) is 2. The van der Waals surface area contributed by atoms with Crippen LogP contribution in [0.4, 0.5) is 0 Å². The lowest BCUT2D eigenvalue weighted by Gasteiger charge is -2.12. The third-order valence-electron chi connectivity index (χ3n) is 4.63. The van der Waals surface area contributed by atoms with Gasteiger partial charge in [-0.1, -0.05) is 0 Å². The van der Waals surface area contributed by atoms with Gasteiger partial charge in [-0.3, -0.25) is 9.89 Å². The Hall–Kier alpha value is -3.28. The molecule has 0 aliphatic carbocycles. The van der Waals surface area contributed by atoms with Gasteiger partial charge in [0.05, 0.1) is 12.3 Å². The minimum Gasteiger partial charge on any atom is -0.493 e. The van der Waals surface area contributed by atoms with Gasteiger partial charge in [-0.25, -0.2) is 0 Å². The Kier molecular flexibility index (Phi) is 4.78. The van der Waals surface area contributed by atoms with E-state index < -0.39 is 0 Å². The molecule has 27 heavy (non-hydrogen) atoms. The molecule has 1 N–H and O–H groups in total. The number of hydrogen-bond acceptors (Lipinski definition) is 4. The molecular formula is C21H21N3O3. The van der Waals surface area contributed by atoms with Crippen LogP contribution in [0.25, 0.3) is 11.3 Å². The molecule has 1 unspecified atom stereocenters. The summed E-state index contributed by atoms with van der Waals surface area (Å²) in [5, 5.41) is 6.90. The number of amides is 1. The monoisotopic (exact) mass is 363 g/mol. The van der Waals surface area contributed by atoms with Crippen LogP contribution in [-0.4, -0.2) is 41.2 Å². The third-order valence-corrected chi connectivity index (χ3v) is 4.63. The van der Waals surface area contributed by atoms with Gasteiger partial charge in [-0.05, 0) is 60.2 Å². The molecule has 6 heteroatoms. The van der Waals surface area contributed by atoms with Crippen molar-refractivity contribution in [3.8, 4) is 28.5 Å². The first-order valence-corrected chi connectivity index (χ1v) is 8.92. The molecule has 3 aromatic rings. The normalized spacial score (nSPS) is 16.6. The summed E-state index contributed by atoms with van der Waals surface area (Å²) in [6, 6.07) is 17.3. The first-order valence-electron chi connectivity index (χ1n) is 8.92. The molecule has 6 nitrogen and oxygen atoms in total. The molecule has 138 valence electrons. The number of hydrogen-bond donors (Lipinski definition) is 1. The second kappa shape index (κ2) is 7.53. The van der Waals surface area contributed by atoms with Crippen molar-refractivity contribution in [3.05, 3.63) is 60.8 Å². The maximum Gasteiger partial charge on any atom is 0.222 e. The van der Waals surface area contributed by atoms with Crippen LogP contribution in [0.15, 0.2) is 60.8 Å². The topological polar surface area (TPSA) is 67.5 Å². The molecule has 1 aliphatic heterocycles. The predicted octanol–water partition coefficient (Wildman–Crippen LogP) is 3.73. The maximum absolute atomic E-state index is 11.6. The minimum absolute atomic E-state index is 0.186. The maximum atomic E-state index is 11.6. The summed E-state index contributed by atoms with van der Waals surface area (Å²) in [6.07, 6.45) is 2.29. The zero-order chi connectivity index (χ0) is 18.6. The minimum atomic E-state index is 0.186. The van der Waals surface area contributed by atoms with Gasteiger partial charge in [-0.15, -0.1) is 0 Å². The summed E-state index contributed by atoms with van der Waals surface area (Å²) in [4.78, 5) is 13.3. The highest BCUT2D eigenvalue weighted by Gasteiger charge is 2.27. The second-order valence-electron chi connectivity index (χ2n) is 6.72. The summed E-state index contributed by atoms with van der Waals surface area (Å²) >= 11 is 0. The number of likely N-dealkylation sites (tertiary alicyclic amines) is 1. The predicted molar refractivity (Wildman–Crippen MR) is 102 cm³/mol. The number of nitrogens with one attached hydrogen (secondary N) is 1. The van der Waals surface area contributed by atoms with Crippen LogP contribution in [0.3, 0.4) is 0 Å². The molecule has 0 saturated carbocycles. The fourth-order valence-corrected chi connectivity index (χ4v) is 3.14. The van der Waals surface area contributed by atoms with Gasteiger partial charge in [0.2, 0.25) is 5.91 Å². The lowest BCUT2D eigenvalue weighted by Crippen LogP contribution is -2.20. The van der Waals surface area contributed by atoms with Crippen molar-refractivity contribution in [2.75, 3.05) is 20.2 Å². The molecule has 1 aromatic heterocycles. The first-order chi connectivity index (χ1) is 13.2. The molecular weight excluding hydrogens is 342 g/mol. The molecule has 2 heterocycles. The third kappa shape index (κ3) is 4.11. The van der Waals surface area contributed by atoms with Gasteiger partial charge in [0.15, 0.2) is 0 Å². The van der Waals surface area contributed by atoms with Crippen molar-refractivity contribution in [1.29, 1.82) is 0 Å². The van der Waals surface area contributed by atoms with Crippen LogP contribution >= 0.6 is 0 Å². The standard InChI is InChI=1S/C21H21N3O3/c1-24-13-15(12-21(24)25)14-26-17-6-8-19(9-7-17)27-18-4-2-16(3-5-18)20-10-11-22-23-20/h2-11,15H,12-14H2,1H3,(H,22,23). The first kappa shape index (κ1) is 17.1. The van der Waals surface area contributed by atoms with Crippen LogP contribution in [0.5, 0.6) is 17.2 Å². The number of rotatable bonds is 6. The summed E-state index contributed by atoms with van der Waals surface area (Å²) < 4.78 is 11.7. The van der Waals surface area contributed by atoms with Gasteiger partial charge in [-0.2, -0.15) is 5.10 Å². The Morgan fingerprint density at radius 1 is 1.04 bits per heavy atom. The fourth-order valence-electron chi connectivity index (χ4n) is 3.14. The van der Waals surface area contributed by atoms with E-state index in [4.69, 9.17) is 9.47 Å². The average molecular weight is 363 g/mol. The van der Waals surface area contributed by atoms with E-state index in [1.165, 1.54) is 0 Å². The lowest BCUT2D eigenvalue weighted by atomic mass is 10.1. The molecule has 1 amide bonds. The van der Waals surface area contributed by atoms with Crippen LogP contribution in [0, 0.1) is 5.92 Å². The van der Waals surface area contributed by atoms with Crippen LogP contribution in [0.1, 0.15) is 6.42 Å². The zero-order valence-corrected chi connectivity index (χ0v) is 15.1. The molecule has 0 bridgehead atoms. The Morgan fingerprint density at radius 3 is 2.30 bits per heavy atom. The van der Waals surface area contributed by atoms with E-state index in [2.05, 4.69) is 10.2 Å². The van der Waals surface area contributed by atoms with E-state index in [1.54, 1.807) is 11.1 Å². The van der Waals surface area contributed by atoms with Gasteiger partial charge < -0.3 is 14.4 Å². The van der Waals surface area contributed by atoms with Crippen molar-refractivity contribution in [3.63, 3.8) is 0 Å². The van der Waals surface area contributed by atoms with Crippen molar-refractivity contribution in [2.24, 2.45) is 5.92 Å². The number of aromatic amines is 1. The van der Waals surface area contributed by atoms with E-state index in [1.807, 2.05) is 61.6 Å². The number of benzene rings is 2. The number of H-pyrrole nitrogens is 1. The number of aromatic nitrogens is 2. The highest BCUT2D eigenvalue weighted by atomic mass is 16.5. The van der Waals surface area contributed by atoms with Gasteiger partial charge in [0, 0.05) is 32.1 Å². The molecule has 1 aliphatic rings. The lowest BCUT2D eigenvalue weighted by molar-refractivity contribution is -0.126. The highest BCUT2D eigenvalue weighted by molar-refractivity contribution is 5.78. The Balaban J connectivity index is 1.32. The molecule has 1 fully saturated rings. The van der Waals surface area contributed by atoms with Crippen LogP contribution in [-0.2, 0) is 4.79 Å². The van der Waals surface area contributed by atoms with Gasteiger partial charge in [0.25, 0.3) is 0 Å². The van der Waals surface area contributed by atoms with E-state index in [0.717, 1.165) is 35.1 Å². The van der Waals surface area contributed by atoms with Crippen molar-refractivity contribution in [2.45, 2.75) is 6.42 Å². The molecule has 1 atom stereocenters. The van der Waals surface area contributed by atoms with Crippen LogP contribution in [0.2, 0.25) is 0 Å². The molecule has 2 aromatic carbocycles. The number of nitrogens with zero attached hydrogens (tertiary/aromatic N) is 2. The fraction of sp³-hybridized carbons (Fsp3) is 0.238. The summed E-state index contributed by atoms with van der Waals surface area (Å²) in [5.41, 5.74) is 2.03. The Morgan fingerprint density at radius 2 is 1.70 bits per heavy atom. The Bertz CT molecular complexity index is 889. The van der Waals surface area contributed by atoms with Crippen molar-refractivity contribution >= 4 is 5.91 Å². The number of carbonyl (C=O) groups excluding carboxylic acids is 1. The molecule has 4 rings (SSSR count). The molecule has 0 spiro atoms. The van der Waals surface area contributed by atoms with E-state index in [0.29, 0.717) is 13.0 Å². The van der Waals surface area contributed by atoms with E-state index >= 15 is 0 Å².